The monoisotopic (exact) mass is 390 g/mol. The third-order valence-corrected chi connectivity index (χ3v) is 8.78. The first-order valence-electron chi connectivity index (χ1n) is 13.4. The van der Waals surface area contributed by atoms with Crippen molar-refractivity contribution in [2.45, 2.75) is 136 Å². The molecule has 1 heteroatoms. The number of rotatable bonds is 10. The quantitative estimate of drug-likeness (QED) is 0.339. The molecular weight excluding hydrogens is 340 g/mol. The first kappa shape index (κ1) is 22.6. The lowest BCUT2D eigenvalue weighted by Gasteiger charge is -2.41. The zero-order valence-corrected chi connectivity index (χ0v) is 19.3. The van der Waals surface area contributed by atoms with Crippen molar-refractivity contribution >= 4 is 0 Å². The van der Waals surface area contributed by atoms with Gasteiger partial charge < -0.3 is 4.74 Å². The molecule has 164 valence electrons. The molecule has 2 atom stereocenters. The lowest BCUT2D eigenvalue weighted by molar-refractivity contribution is -0.00500. The van der Waals surface area contributed by atoms with Crippen molar-refractivity contribution in [3.8, 4) is 0 Å². The molecule has 0 spiro atoms. The van der Waals surface area contributed by atoms with Crippen molar-refractivity contribution in [1.29, 1.82) is 0 Å². The van der Waals surface area contributed by atoms with Crippen LogP contribution < -0.4 is 0 Å². The predicted octanol–water partition coefficient (Wildman–Crippen LogP) is 8.56. The molecule has 0 heterocycles. The van der Waals surface area contributed by atoms with Crippen molar-refractivity contribution in [3.05, 3.63) is 0 Å². The maximum atomic E-state index is 6.21. The lowest BCUT2D eigenvalue weighted by Crippen LogP contribution is -2.32. The van der Waals surface area contributed by atoms with E-state index in [1.807, 2.05) is 0 Å². The number of hydrogen-bond donors (Lipinski definition) is 0. The minimum Gasteiger partial charge on any atom is -0.378 e. The molecule has 1 nitrogen and oxygen atoms in total. The van der Waals surface area contributed by atoms with E-state index in [4.69, 9.17) is 4.74 Å². The second-order valence-corrected chi connectivity index (χ2v) is 10.7. The summed E-state index contributed by atoms with van der Waals surface area (Å²) in [4.78, 5) is 0. The van der Waals surface area contributed by atoms with E-state index in [-0.39, 0.29) is 0 Å². The van der Waals surface area contributed by atoms with Gasteiger partial charge in [0.1, 0.15) is 0 Å². The average Bonchev–Trinajstić information content (AvgIpc) is 2.75. The van der Waals surface area contributed by atoms with E-state index in [1.165, 1.54) is 77.0 Å². The van der Waals surface area contributed by atoms with Crippen LogP contribution in [0, 0.1) is 29.6 Å². The first-order valence-corrected chi connectivity index (χ1v) is 13.4. The summed E-state index contributed by atoms with van der Waals surface area (Å²) in [5.41, 5.74) is 0. The second-order valence-electron chi connectivity index (χ2n) is 10.7. The summed E-state index contributed by atoms with van der Waals surface area (Å²) in [7, 11) is 0. The highest BCUT2D eigenvalue weighted by molar-refractivity contribution is 4.86. The molecule has 28 heavy (non-hydrogen) atoms. The van der Waals surface area contributed by atoms with Crippen LogP contribution in [0.25, 0.3) is 0 Å². The molecular formula is C27H50O. The van der Waals surface area contributed by atoms with Crippen LogP contribution in [-0.4, -0.2) is 12.7 Å². The molecule has 3 rings (SSSR count). The molecule has 0 amide bonds. The molecule has 0 unspecified atom stereocenters. The Hall–Kier alpha value is -0.0400. The van der Waals surface area contributed by atoms with Crippen LogP contribution in [-0.2, 0) is 4.74 Å². The second kappa shape index (κ2) is 12.6. The van der Waals surface area contributed by atoms with E-state index in [2.05, 4.69) is 13.8 Å². The lowest BCUT2D eigenvalue weighted by atomic mass is 9.65. The van der Waals surface area contributed by atoms with Gasteiger partial charge in [0, 0.05) is 6.61 Å². The Morgan fingerprint density at radius 1 is 0.607 bits per heavy atom. The van der Waals surface area contributed by atoms with Crippen molar-refractivity contribution in [1.82, 2.24) is 0 Å². The van der Waals surface area contributed by atoms with Gasteiger partial charge in [0.05, 0.1) is 6.10 Å². The van der Waals surface area contributed by atoms with Gasteiger partial charge in [-0.2, -0.15) is 0 Å². The Morgan fingerprint density at radius 2 is 1.21 bits per heavy atom. The summed E-state index contributed by atoms with van der Waals surface area (Å²) < 4.78 is 6.21. The summed E-state index contributed by atoms with van der Waals surface area (Å²) in [6.45, 7) is 5.60. The fourth-order valence-corrected chi connectivity index (χ4v) is 6.87. The van der Waals surface area contributed by atoms with Gasteiger partial charge in [-0.3, -0.25) is 0 Å². The van der Waals surface area contributed by atoms with E-state index in [0.717, 1.165) is 36.2 Å². The Labute approximate surface area is 176 Å². The first-order chi connectivity index (χ1) is 13.8. The Bertz CT molecular complexity index is 389. The summed E-state index contributed by atoms with van der Waals surface area (Å²) in [6.07, 6.45) is 26.9. The van der Waals surface area contributed by atoms with Gasteiger partial charge in [0.2, 0.25) is 0 Å². The minimum absolute atomic E-state index is 0.589. The van der Waals surface area contributed by atoms with Gasteiger partial charge >= 0.3 is 0 Å². The van der Waals surface area contributed by atoms with Crippen molar-refractivity contribution < 1.29 is 4.74 Å². The molecule has 0 aliphatic heterocycles. The van der Waals surface area contributed by atoms with E-state index >= 15 is 0 Å². The molecule has 0 aromatic heterocycles. The van der Waals surface area contributed by atoms with Crippen LogP contribution in [0.4, 0.5) is 0 Å². The number of unbranched alkanes of at least 4 members (excludes halogenated alkanes) is 3. The van der Waals surface area contributed by atoms with E-state index in [9.17, 15) is 0 Å². The minimum atomic E-state index is 0.589. The molecule has 0 saturated heterocycles. The van der Waals surface area contributed by atoms with Crippen LogP contribution in [0.2, 0.25) is 0 Å². The molecule has 0 aromatic rings. The summed E-state index contributed by atoms with van der Waals surface area (Å²) in [6, 6.07) is 0. The SMILES string of the molecule is CCCCCC1CCC(C2CCC([C@H]3CCC[C@@H](OCCCC)C3)CC2)CC1. The fourth-order valence-electron chi connectivity index (χ4n) is 6.87. The predicted molar refractivity (Wildman–Crippen MR) is 122 cm³/mol. The van der Waals surface area contributed by atoms with Crippen LogP contribution in [0.1, 0.15) is 129 Å². The Morgan fingerprint density at radius 3 is 1.86 bits per heavy atom. The van der Waals surface area contributed by atoms with Gasteiger partial charge in [-0.05, 0) is 93.8 Å². The standard InChI is InChI=1S/C27H50O/c1-3-5-7-9-22-12-14-23(15-13-22)24-16-18-25(19-17-24)26-10-8-11-27(21-26)28-20-6-4-2/h22-27H,3-21H2,1-2H3/t22?,23?,24?,25?,26-,27+/m0/s1. The van der Waals surface area contributed by atoms with Crippen LogP contribution in [0.3, 0.4) is 0 Å². The topological polar surface area (TPSA) is 9.23 Å². The highest BCUT2D eigenvalue weighted by atomic mass is 16.5. The normalized spacial score (nSPS) is 37.1. The zero-order valence-electron chi connectivity index (χ0n) is 19.3. The highest BCUT2D eigenvalue weighted by Crippen LogP contribution is 2.46. The van der Waals surface area contributed by atoms with Crippen molar-refractivity contribution in [3.63, 3.8) is 0 Å². The highest BCUT2D eigenvalue weighted by Gasteiger charge is 2.35. The third-order valence-electron chi connectivity index (χ3n) is 8.78. The molecule has 0 aromatic carbocycles. The van der Waals surface area contributed by atoms with Gasteiger partial charge in [0.25, 0.3) is 0 Å². The molecule has 3 fully saturated rings. The van der Waals surface area contributed by atoms with Gasteiger partial charge in [-0.15, -0.1) is 0 Å². The molecule has 3 aliphatic carbocycles. The summed E-state index contributed by atoms with van der Waals surface area (Å²) in [5, 5.41) is 0. The van der Waals surface area contributed by atoms with Crippen molar-refractivity contribution in [2.24, 2.45) is 29.6 Å². The largest absolute Gasteiger partial charge is 0.378 e. The molecule has 3 aliphatic rings. The van der Waals surface area contributed by atoms with E-state index in [0.29, 0.717) is 6.10 Å². The summed E-state index contributed by atoms with van der Waals surface area (Å²) >= 11 is 0. The smallest absolute Gasteiger partial charge is 0.0577 e. The van der Waals surface area contributed by atoms with Gasteiger partial charge in [-0.25, -0.2) is 0 Å². The number of hydrogen-bond acceptors (Lipinski definition) is 1. The molecule has 3 saturated carbocycles. The average molecular weight is 391 g/mol. The van der Waals surface area contributed by atoms with Crippen LogP contribution in [0.5, 0.6) is 0 Å². The van der Waals surface area contributed by atoms with Gasteiger partial charge in [-0.1, -0.05) is 65.2 Å². The van der Waals surface area contributed by atoms with Crippen LogP contribution in [0.15, 0.2) is 0 Å². The zero-order chi connectivity index (χ0) is 19.6. The maximum absolute atomic E-state index is 6.21. The maximum Gasteiger partial charge on any atom is 0.0577 e. The molecule has 0 bridgehead atoms. The van der Waals surface area contributed by atoms with Gasteiger partial charge in [0.15, 0.2) is 0 Å². The van der Waals surface area contributed by atoms with Crippen molar-refractivity contribution in [2.75, 3.05) is 6.61 Å². The molecule has 0 radical (unpaired) electrons. The number of ether oxygens (including phenoxy) is 1. The van der Waals surface area contributed by atoms with E-state index < -0.39 is 0 Å². The Kier molecular flexibility index (Phi) is 10.2. The van der Waals surface area contributed by atoms with Crippen LogP contribution >= 0.6 is 0 Å². The molecule has 0 N–H and O–H groups in total. The fraction of sp³-hybridized carbons (Fsp3) is 1.00. The third kappa shape index (κ3) is 7.03. The van der Waals surface area contributed by atoms with E-state index in [1.54, 1.807) is 38.5 Å². The summed E-state index contributed by atoms with van der Waals surface area (Å²) in [5.74, 6) is 5.24. The Balaban J connectivity index is 1.33.